The van der Waals surface area contributed by atoms with Gasteiger partial charge in [-0.25, -0.2) is 0 Å². The van der Waals surface area contributed by atoms with Crippen molar-refractivity contribution in [3.05, 3.63) is 34.9 Å². The SMILES string of the molecule is CSCCC(=O)N(C)/C(C=Nc1cncc(Cl)c1)=C(\C)N. The van der Waals surface area contributed by atoms with Gasteiger partial charge in [-0.15, -0.1) is 0 Å². The fourth-order valence-corrected chi connectivity index (χ4v) is 2.10. The van der Waals surface area contributed by atoms with E-state index in [0.717, 1.165) is 5.75 Å². The lowest BCUT2D eigenvalue weighted by atomic mass is 10.3. The number of allylic oxidation sites excluding steroid dienone is 2. The van der Waals surface area contributed by atoms with E-state index >= 15 is 0 Å². The van der Waals surface area contributed by atoms with Crippen LogP contribution in [-0.2, 0) is 4.79 Å². The molecule has 21 heavy (non-hydrogen) atoms. The first-order valence-electron chi connectivity index (χ1n) is 6.32. The van der Waals surface area contributed by atoms with Gasteiger partial charge in [-0.05, 0) is 19.2 Å². The average molecular weight is 327 g/mol. The number of hydrogen-bond acceptors (Lipinski definition) is 5. The summed E-state index contributed by atoms with van der Waals surface area (Å²) in [5, 5.41) is 0.504. The Balaban J connectivity index is 2.89. The Morgan fingerprint density at radius 3 is 2.86 bits per heavy atom. The average Bonchev–Trinajstić information content (AvgIpc) is 2.44. The first kappa shape index (κ1) is 17.5. The second-order valence-electron chi connectivity index (χ2n) is 4.38. The summed E-state index contributed by atoms with van der Waals surface area (Å²) in [7, 11) is 1.69. The van der Waals surface area contributed by atoms with E-state index in [-0.39, 0.29) is 5.91 Å². The van der Waals surface area contributed by atoms with Gasteiger partial charge in [-0.3, -0.25) is 14.8 Å². The van der Waals surface area contributed by atoms with Crippen molar-refractivity contribution in [1.29, 1.82) is 0 Å². The number of pyridine rings is 1. The van der Waals surface area contributed by atoms with Gasteiger partial charge in [0.25, 0.3) is 0 Å². The Morgan fingerprint density at radius 2 is 2.29 bits per heavy atom. The van der Waals surface area contributed by atoms with Gasteiger partial charge in [0.15, 0.2) is 0 Å². The van der Waals surface area contributed by atoms with E-state index in [1.807, 2.05) is 6.26 Å². The number of carbonyl (C=O) groups is 1. The number of amides is 1. The summed E-state index contributed by atoms with van der Waals surface area (Å²) >= 11 is 7.48. The number of aliphatic imine (C=N–C) groups is 1. The Morgan fingerprint density at radius 1 is 1.57 bits per heavy atom. The summed E-state index contributed by atoms with van der Waals surface area (Å²) in [6, 6.07) is 1.68. The number of thioether (sulfide) groups is 1. The van der Waals surface area contributed by atoms with Crippen LogP contribution in [0.5, 0.6) is 0 Å². The number of halogens is 1. The third-order valence-electron chi connectivity index (χ3n) is 2.69. The summed E-state index contributed by atoms with van der Waals surface area (Å²) in [5.41, 5.74) is 7.54. The van der Waals surface area contributed by atoms with Crippen molar-refractivity contribution in [1.82, 2.24) is 9.88 Å². The van der Waals surface area contributed by atoms with Gasteiger partial charge < -0.3 is 10.6 Å². The number of rotatable bonds is 6. The lowest BCUT2D eigenvalue weighted by molar-refractivity contribution is -0.127. The van der Waals surface area contributed by atoms with Crippen molar-refractivity contribution in [2.45, 2.75) is 13.3 Å². The van der Waals surface area contributed by atoms with Crippen molar-refractivity contribution in [2.75, 3.05) is 19.1 Å². The highest BCUT2D eigenvalue weighted by molar-refractivity contribution is 7.98. The molecular weight excluding hydrogens is 308 g/mol. The summed E-state index contributed by atoms with van der Waals surface area (Å²) < 4.78 is 0. The number of nitrogens with zero attached hydrogens (tertiary/aromatic N) is 3. The van der Waals surface area contributed by atoms with E-state index in [4.69, 9.17) is 17.3 Å². The lowest BCUT2D eigenvalue weighted by Crippen LogP contribution is -2.29. The van der Waals surface area contributed by atoms with Crippen molar-refractivity contribution < 1.29 is 4.79 Å². The van der Waals surface area contributed by atoms with Crippen LogP contribution in [0.2, 0.25) is 5.02 Å². The van der Waals surface area contributed by atoms with Gasteiger partial charge >= 0.3 is 0 Å². The Bertz CT molecular complexity index is 556. The highest BCUT2D eigenvalue weighted by Crippen LogP contribution is 2.16. The molecule has 0 unspecified atom stereocenters. The molecule has 0 aliphatic heterocycles. The van der Waals surface area contributed by atoms with E-state index in [9.17, 15) is 4.79 Å². The van der Waals surface area contributed by atoms with Crippen molar-refractivity contribution in [3.8, 4) is 0 Å². The van der Waals surface area contributed by atoms with Crippen LogP contribution in [0.4, 0.5) is 5.69 Å². The van der Waals surface area contributed by atoms with Crippen molar-refractivity contribution in [3.63, 3.8) is 0 Å². The minimum Gasteiger partial charge on any atom is -0.401 e. The van der Waals surface area contributed by atoms with Crippen LogP contribution in [-0.4, -0.2) is 41.1 Å². The highest BCUT2D eigenvalue weighted by Gasteiger charge is 2.13. The smallest absolute Gasteiger partial charge is 0.227 e. The monoisotopic (exact) mass is 326 g/mol. The van der Waals surface area contributed by atoms with E-state index in [1.54, 1.807) is 44.2 Å². The maximum absolute atomic E-state index is 12.0. The van der Waals surface area contributed by atoms with Crippen LogP contribution in [0.25, 0.3) is 0 Å². The molecule has 0 radical (unpaired) electrons. The maximum atomic E-state index is 12.0. The predicted molar refractivity (Wildman–Crippen MR) is 90.1 cm³/mol. The van der Waals surface area contributed by atoms with E-state index in [2.05, 4.69) is 9.98 Å². The zero-order valence-corrected chi connectivity index (χ0v) is 13.9. The molecule has 0 aromatic carbocycles. The highest BCUT2D eigenvalue weighted by atomic mass is 35.5. The molecule has 114 valence electrons. The minimum absolute atomic E-state index is 0.000168. The summed E-state index contributed by atoms with van der Waals surface area (Å²) in [6.45, 7) is 1.73. The molecule has 1 amide bonds. The van der Waals surface area contributed by atoms with E-state index in [0.29, 0.717) is 28.5 Å². The molecule has 1 aromatic heterocycles. The van der Waals surface area contributed by atoms with Crippen LogP contribution in [0.15, 0.2) is 34.8 Å². The Labute approximate surface area is 134 Å². The summed E-state index contributed by atoms with van der Waals surface area (Å²) in [4.78, 5) is 21.8. The molecule has 0 aliphatic carbocycles. The van der Waals surface area contributed by atoms with Crippen LogP contribution < -0.4 is 5.73 Å². The molecule has 1 heterocycles. The molecule has 0 atom stereocenters. The van der Waals surface area contributed by atoms with E-state index < -0.39 is 0 Å². The second-order valence-corrected chi connectivity index (χ2v) is 5.81. The molecule has 0 saturated heterocycles. The molecule has 7 heteroatoms. The molecule has 1 rings (SSSR count). The van der Waals surface area contributed by atoms with Crippen molar-refractivity contribution >= 4 is 41.2 Å². The maximum Gasteiger partial charge on any atom is 0.227 e. The number of nitrogens with two attached hydrogens (primary N) is 1. The van der Waals surface area contributed by atoms with Gasteiger partial charge in [0.05, 0.1) is 28.8 Å². The molecule has 0 spiro atoms. The number of carbonyl (C=O) groups excluding carboxylic acids is 1. The number of hydrogen-bond donors (Lipinski definition) is 1. The zero-order valence-electron chi connectivity index (χ0n) is 12.3. The van der Waals surface area contributed by atoms with Gasteiger partial charge in [0.2, 0.25) is 5.91 Å². The van der Waals surface area contributed by atoms with Crippen molar-refractivity contribution in [2.24, 2.45) is 10.7 Å². The topological polar surface area (TPSA) is 71.6 Å². The van der Waals surface area contributed by atoms with Crippen LogP contribution in [0.1, 0.15) is 13.3 Å². The Hall–Kier alpha value is -1.53. The van der Waals surface area contributed by atoms with Crippen LogP contribution >= 0.6 is 23.4 Å². The molecular formula is C14H19ClN4OS. The standard InChI is InChI=1S/C14H19ClN4OS/c1-10(16)13(19(2)14(20)4-5-21-3)9-18-12-6-11(15)7-17-8-12/h6-9H,4-5,16H2,1-3H3/b13-10+,18-9?. The van der Waals surface area contributed by atoms with Crippen LogP contribution in [0, 0.1) is 0 Å². The van der Waals surface area contributed by atoms with Gasteiger partial charge in [0.1, 0.15) is 0 Å². The molecule has 0 fully saturated rings. The molecule has 2 N–H and O–H groups in total. The van der Waals surface area contributed by atoms with E-state index in [1.165, 1.54) is 11.1 Å². The van der Waals surface area contributed by atoms with Gasteiger partial charge in [-0.1, -0.05) is 11.6 Å². The largest absolute Gasteiger partial charge is 0.401 e. The molecule has 0 saturated carbocycles. The third kappa shape index (κ3) is 5.77. The second kappa shape index (κ2) is 8.69. The zero-order chi connectivity index (χ0) is 15.8. The summed E-state index contributed by atoms with van der Waals surface area (Å²) in [5.74, 6) is 0.773. The molecule has 0 aliphatic rings. The molecule has 1 aromatic rings. The number of aromatic nitrogens is 1. The quantitative estimate of drug-likeness (QED) is 0.816. The fraction of sp³-hybridized carbons (Fsp3) is 0.357. The van der Waals surface area contributed by atoms with Crippen LogP contribution in [0.3, 0.4) is 0 Å². The third-order valence-corrected chi connectivity index (χ3v) is 3.50. The summed E-state index contributed by atoms with van der Waals surface area (Å²) in [6.07, 6.45) is 7.09. The first-order chi connectivity index (χ1) is 9.95. The predicted octanol–water partition coefficient (Wildman–Crippen LogP) is 2.84. The molecule has 5 nitrogen and oxygen atoms in total. The fourth-order valence-electron chi connectivity index (χ4n) is 1.55. The molecule has 0 bridgehead atoms. The van der Waals surface area contributed by atoms with Gasteiger partial charge in [-0.2, -0.15) is 11.8 Å². The normalized spacial score (nSPS) is 12.4. The minimum atomic E-state index is -0.000168. The lowest BCUT2D eigenvalue weighted by Gasteiger charge is -2.19. The Kier molecular flexibility index (Phi) is 7.25. The van der Waals surface area contributed by atoms with Gasteiger partial charge in [0, 0.05) is 31.1 Å². The first-order valence-corrected chi connectivity index (χ1v) is 8.09.